The fourth-order valence-corrected chi connectivity index (χ4v) is 5.48. The van der Waals surface area contributed by atoms with Crippen molar-refractivity contribution < 1.29 is 37.7 Å². The number of rotatable bonds is 7. The van der Waals surface area contributed by atoms with Crippen LogP contribution in [0.5, 0.6) is 11.5 Å². The normalized spacial score (nSPS) is 20.9. The molecule has 2 aromatic rings. The molecule has 1 heterocycles. The first-order valence-corrected chi connectivity index (χ1v) is 13.0. The third-order valence-corrected chi connectivity index (χ3v) is 7.97. The summed E-state index contributed by atoms with van der Waals surface area (Å²) >= 11 is 0. The Labute approximate surface area is 220 Å². The molecule has 0 spiro atoms. The Balaban J connectivity index is 1.53. The Morgan fingerprint density at radius 2 is 1.71 bits per heavy atom. The van der Waals surface area contributed by atoms with E-state index >= 15 is 0 Å². The number of halogens is 3. The second-order valence-electron chi connectivity index (χ2n) is 11.1. The molecule has 206 valence electrons. The van der Waals surface area contributed by atoms with Crippen molar-refractivity contribution in [2.45, 2.75) is 76.0 Å². The minimum absolute atomic E-state index is 0.104. The van der Waals surface area contributed by atoms with Gasteiger partial charge in [-0.25, -0.2) is 0 Å². The molecule has 2 aromatic carbocycles. The third-order valence-electron chi connectivity index (χ3n) is 7.97. The topological polar surface area (TPSA) is 87.1 Å². The molecule has 2 aliphatic rings. The van der Waals surface area contributed by atoms with E-state index in [4.69, 9.17) is 4.74 Å². The number of aliphatic hydroxyl groups is 1. The Kier molecular flexibility index (Phi) is 7.79. The summed E-state index contributed by atoms with van der Waals surface area (Å²) in [5.74, 6) is -1.16. The molecule has 0 radical (unpaired) electrons. The van der Waals surface area contributed by atoms with E-state index in [9.17, 15) is 33.0 Å². The highest BCUT2D eigenvalue weighted by atomic mass is 19.4. The number of β-amino-alcohol motifs (C(OH)–C–C–N with tert-alkyl or cyclic N) is 1. The number of carboxylic acids is 1. The summed E-state index contributed by atoms with van der Waals surface area (Å²) in [6.45, 7) is 3.62. The van der Waals surface area contributed by atoms with E-state index < -0.39 is 28.7 Å². The van der Waals surface area contributed by atoms with Gasteiger partial charge in [-0.3, -0.25) is 9.59 Å². The van der Waals surface area contributed by atoms with Crippen LogP contribution in [0.1, 0.15) is 69.1 Å². The zero-order chi connectivity index (χ0) is 27.7. The van der Waals surface area contributed by atoms with Crippen LogP contribution in [-0.2, 0) is 27.6 Å². The number of benzene rings is 2. The number of aliphatic carboxylic acids is 1. The van der Waals surface area contributed by atoms with Crippen molar-refractivity contribution in [2.24, 2.45) is 5.92 Å². The molecule has 1 saturated heterocycles. The van der Waals surface area contributed by atoms with Gasteiger partial charge in [0.2, 0.25) is 5.91 Å². The van der Waals surface area contributed by atoms with Gasteiger partial charge in [-0.1, -0.05) is 31.4 Å². The largest absolute Gasteiger partial charge is 0.481 e. The minimum atomic E-state index is -4.65. The van der Waals surface area contributed by atoms with Gasteiger partial charge in [-0.15, -0.1) is 0 Å². The first kappa shape index (κ1) is 28.0. The zero-order valence-corrected chi connectivity index (χ0v) is 21.7. The van der Waals surface area contributed by atoms with Gasteiger partial charge in [0.25, 0.3) is 0 Å². The van der Waals surface area contributed by atoms with Gasteiger partial charge in [0, 0.05) is 13.1 Å². The van der Waals surface area contributed by atoms with Crippen molar-refractivity contribution in [3.05, 3.63) is 59.2 Å². The fourth-order valence-electron chi connectivity index (χ4n) is 5.48. The van der Waals surface area contributed by atoms with Crippen molar-refractivity contribution in [2.75, 3.05) is 13.1 Å². The van der Waals surface area contributed by atoms with Crippen molar-refractivity contribution in [3.63, 3.8) is 0 Å². The number of ether oxygens (including phenoxy) is 1. The number of amides is 1. The van der Waals surface area contributed by atoms with Gasteiger partial charge in [-0.2, -0.15) is 13.2 Å². The summed E-state index contributed by atoms with van der Waals surface area (Å²) in [5.41, 5.74) is -2.52. The van der Waals surface area contributed by atoms with Crippen molar-refractivity contribution in [3.8, 4) is 11.5 Å². The van der Waals surface area contributed by atoms with Crippen molar-refractivity contribution in [1.29, 1.82) is 0 Å². The average molecular weight is 534 g/mol. The highest BCUT2D eigenvalue weighted by Gasteiger charge is 2.44. The molecular weight excluding hydrogens is 499 g/mol. The van der Waals surface area contributed by atoms with Gasteiger partial charge in [0.05, 0.1) is 23.0 Å². The molecule has 2 N–H and O–H groups in total. The predicted molar refractivity (Wildman–Crippen MR) is 135 cm³/mol. The van der Waals surface area contributed by atoms with Crippen LogP contribution in [0.3, 0.4) is 0 Å². The van der Waals surface area contributed by atoms with Crippen LogP contribution >= 0.6 is 0 Å². The lowest BCUT2D eigenvalue weighted by molar-refractivity contribution is -0.142. The van der Waals surface area contributed by atoms with Gasteiger partial charge in [0.1, 0.15) is 11.5 Å². The molecule has 1 aliphatic carbocycles. The van der Waals surface area contributed by atoms with Gasteiger partial charge >= 0.3 is 12.1 Å². The van der Waals surface area contributed by atoms with E-state index in [1.54, 1.807) is 17.0 Å². The number of carbonyl (C=O) groups is 2. The summed E-state index contributed by atoms with van der Waals surface area (Å²) in [5, 5.41) is 20.7. The van der Waals surface area contributed by atoms with Gasteiger partial charge < -0.3 is 19.8 Å². The van der Waals surface area contributed by atoms with Crippen LogP contribution < -0.4 is 4.74 Å². The second kappa shape index (κ2) is 10.6. The maximum Gasteiger partial charge on any atom is 0.416 e. The molecular formula is C29H34F3NO5. The van der Waals surface area contributed by atoms with Crippen molar-refractivity contribution >= 4 is 11.9 Å². The number of likely N-dealkylation sites (tertiary alicyclic amines) is 1. The highest BCUT2D eigenvalue weighted by molar-refractivity contribution is 5.80. The molecule has 9 heteroatoms. The molecule has 1 saturated carbocycles. The minimum Gasteiger partial charge on any atom is -0.481 e. The summed E-state index contributed by atoms with van der Waals surface area (Å²) < 4.78 is 46.8. The third kappa shape index (κ3) is 6.14. The molecule has 38 heavy (non-hydrogen) atoms. The average Bonchev–Trinajstić information content (AvgIpc) is 3.27. The lowest BCUT2D eigenvalue weighted by atomic mass is 9.76. The summed E-state index contributed by atoms with van der Waals surface area (Å²) in [6.07, 6.45) is 0.692. The molecule has 1 unspecified atom stereocenters. The van der Waals surface area contributed by atoms with E-state index in [0.29, 0.717) is 18.5 Å². The molecule has 0 aromatic heterocycles. The summed E-state index contributed by atoms with van der Waals surface area (Å²) in [4.78, 5) is 26.2. The van der Waals surface area contributed by atoms with E-state index in [1.807, 2.05) is 0 Å². The number of carbonyl (C=O) groups excluding carboxylic acids is 1. The van der Waals surface area contributed by atoms with Crippen LogP contribution in [0.2, 0.25) is 0 Å². The van der Waals surface area contributed by atoms with E-state index in [-0.39, 0.29) is 41.9 Å². The Bertz CT molecular complexity index is 1190. The number of hydrogen-bond donors (Lipinski definition) is 2. The van der Waals surface area contributed by atoms with Gasteiger partial charge in [-0.05, 0) is 80.5 Å². The molecule has 6 nitrogen and oxygen atoms in total. The van der Waals surface area contributed by atoms with E-state index in [1.165, 1.54) is 32.0 Å². The lowest BCUT2D eigenvalue weighted by Gasteiger charge is -2.35. The number of carboxylic acid groups (broad SMARTS) is 1. The molecule has 1 amide bonds. The van der Waals surface area contributed by atoms with Crippen LogP contribution in [0.15, 0.2) is 42.5 Å². The maximum atomic E-state index is 13.7. The molecule has 1 aliphatic heterocycles. The summed E-state index contributed by atoms with van der Waals surface area (Å²) in [7, 11) is 0. The quantitative estimate of drug-likeness (QED) is 0.460. The van der Waals surface area contributed by atoms with E-state index in [0.717, 1.165) is 44.2 Å². The summed E-state index contributed by atoms with van der Waals surface area (Å²) in [6, 6.07) is 9.40. The van der Waals surface area contributed by atoms with Crippen LogP contribution in [0, 0.1) is 5.92 Å². The van der Waals surface area contributed by atoms with Crippen LogP contribution in [-0.4, -0.2) is 45.7 Å². The fraction of sp³-hybridized carbons (Fsp3) is 0.517. The van der Waals surface area contributed by atoms with Crippen LogP contribution in [0.25, 0.3) is 0 Å². The standard InChI is InChI=1S/C29H34F3NO5/c1-27(2,26(35)36)21-9-6-10-23(16-21)38-24-14-19(13-22(17-24)29(30,31)32)15-25(34)33-12-11-28(37,18-33)20-7-4-3-5-8-20/h6,9-10,13-14,16-17,20,37H,3-5,7-8,11-12,15,18H2,1-2H3,(H,35,36). The van der Waals surface area contributed by atoms with Crippen molar-refractivity contribution in [1.82, 2.24) is 4.90 Å². The Hall–Kier alpha value is -3.07. The monoisotopic (exact) mass is 533 g/mol. The highest BCUT2D eigenvalue weighted by Crippen LogP contribution is 2.39. The first-order chi connectivity index (χ1) is 17.8. The number of hydrogen-bond acceptors (Lipinski definition) is 4. The molecule has 1 atom stereocenters. The smallest absolute Gasteiger partial charge is 0.416 e. The zero-order valence-electron chi connectivity index (χ0n) is 21.7. The Morgan fingerprint density at radius 1 is 1.03 bits per heavy atom. The van der Waals surface area contributed by atoms with Gasteiger partial charge in [0.15, 0.2) is 0 Å². The second-order valence-corrected chi connectivity index (χ2v) is 11.1. The van der Waals surface area contributed by atoms with Crippen LogP contribution in [0.4, 0.5) is 13.2 Å². The Morgan fingerprint density at radius 3 is 2.37 bits per heavy atom. The molecule has 4 rings (SSSR count). The molecule has 0 bridgehead atoms. The predicted octanol–water partition coefficient (Wildman–Crippen LogP) is 5.95. The first-order valence-electron chi connectivity index (χ1n) is 13.0. The maximum absolute atomic E-state index is 13.7. The number of alkyl halides is 3. The SMILES string of the molecule is CC(C)(C(=O)O)c1cccc(Oc2cc(CC(=O)N3CCC(O)(C4CCCCC4)C3)cc(C(F)(F)F)c2)c1. The van der Waals surface area contributed by atoms with E-state index in [2.05, 4.69) is 0 Å². The molecule has 2 fully saturated rings. The number of nitrogens with zero attached hydrogens (tertiary/aromatic N) is 1. The lowest BCUT2D eigenvalue weighted by Crippen LogP contribution is -2.43.